The number of hydrogen-bond acceptors (Lipinski definition) is 4. The number of sulfonamides is 1. The van der Waals surface area contributed by atoms with E-state index in [1.54, 1.807) is 55.6 Å². The van der Waals surface area contributed by atoms with Crippen LogP contribution in [0.25, 0.3) is 0 Å². The molecule has 0 unspecified atom stereocenters. The zero-order chi connectivity index (χ0) is 20.9. The van der Waals surface area contributed by atoms with Gasteiger partial charge in [0.05, 0.1) is 4.90 Å². The van der Waals surface area contributed by atoms with Crippen molar-refractivity contribution in [1.29, 1.82) is 0 Å². The maximum absolute atomic E-state index is 13.1. The molecule has 0 radical (unpaired) electrons. The minimum absolute atomic E-state index is 0.00682. The monoisotopic (exact) mass is 407 g/mol. The number of hydrogen-bond donors (Lipinski definition) is 1. The van der Waals surface area contributed by atoms with Crippen LogP contribution < -0.4 is 9.73 Å². The van der Waals surface area contributed by atoms with Crippen LogP contribution in [0.15, 0.2) is 94.9 Å². The molecule has 0 aromatic heterocycles. The lowest BCUT2D eigenvalue weighted by Gasteiger charge is -2.18. The highest BCUT2D eigenvalue weighted by Crippen LogP contribution is 2.15. The molecule has 0 heterocycles. The van der Waals surface area contributed by atoms with Gasteiger partial charge in [-0.2, -0.15) is 18.4 Å². The standard InChI is InChI=1S/C22H21N3O3S/c1-17-13-15-20(16-14-17)29(27,28)24-23-21(18-9-5-3-6-10-18)22(26)25(2)19-11-7-4-8-12-19/h3-16,24H,1-2H3/b23-21-. The minimum atomic E-state index is -3.91. The summed E-state index contributed by atoms with van der Waals surface area (Å²) in [6.45, 7) is 1.87. The molecule has 0 saturated carbocycles. The molecule has 3 rings (SSSR count). The van der Waals surface area contributed by atoms with Crippen LogP contribution in [0.2, 0.25) is 0 Å². The van der Waals surface area contributed by atoms with E-state index in [2.05, 4.69) is 9.93 Å². The number of benzene rings is 3. The fourth-order valence-corrected chi connectivity index (χ4v) is 3.45. The molecule has 1 amide bonds. The fraction of sp³-hybridized carbons (Fsp3) is 0.0909. The molecule has 29 heavy (non-hydrogen) atoms. The number of anilines is 1. The van der Waals surface area contributed by atoms with E-state index in [-0.39, 0.29) is 10.6 Å². The van der Waals surface area contributed by atoms with Crippen molar-refractivity contribution in [2.24, 2.45) is 5.10 Å². The van der Waals surface area contributed by atoms with Crippen molar-refractivity contribution in [3.05, 3.63) is 96.1 Å². The topological polar surface area (TPSA) is 78.8 Å². The van der Waals surface area contributed by atoms with Crippen molar-refractivity contribution in [2.75, 3.05) is 11.9 Å². The van der Waals surface area contributed by atoms with Gasteiger partial charge in [-0.25, -0.2) is 0 Å². The molecule has 0 fully saturated rings. The van der Waals surface area contributed by atoms with Gasteiger partial charge in [0.1, 0.15) is 0 Å². The Kier molecular flexibility index (Phi) is 6.09. The maximum atomic E-state index is 13.1. The van der Waals surface area contributed by atoms with Gasteiger partial charge >= 0.3 is 0 Å². The van der Waals surface area contributed by atoms with Crippen molar-refractivity contribution in [3.63, 3.8) is 0 Å². The number of nitrogens with zero attached hydrogens (tertiary/aromatic N) is 2. The van der Waals surface area contributed by atoms with Gasteiger partial charge in [-0.3, -0.25) is 4.79 Å². The fourth-order valence-electron chi connectivity index (χ4n) is 2.64. The average Bonchev–Trinajstić information content (AvgIpc) is 2.75. The summed E-state index contributed by atoms with van der Waals surface area (Å²) in [4.78, 5) is 16.8. The highest BCUT2D eigenvalue weighted by atomic mass is 32.2. The summed E-state index contributed by atoms with van der Waals surface area (Å²) in [5, 5.41) is 4.00. The highest BCUT2D eigenvalue weighted by molar-refractivity contribution is 7.89. The predicted octanol–water partition coefficient (Wildman–Crippen LogP) is 3.34. The number of amides is 1. The Morgan fingerprint density at radius 1 is 0.862 bits per heavy atom. The number of carbonyl (C=O) groups excluding carboxylic acids is 1. The minimum Gasteiger partial charge on any atom is -0.310 e. The normalized spacial score (nSPS) is 11.7. The largest absolute Gasteiger partial charge is 0.310 e. The molecule has 3 aromatic rings. The molecule has 148 valence electrons. The van der Waals surface area contributed by atoms with Crippen molar-refractivity contribution >= 4 is 27.3 Å². The molecule has 0 aliphatic carbocycles. The van der Waals surface area contributed by atoms with Gasteiger partial charge < -0.3 is 4.90 Å². The zero-order valence-corrected chi connectivity index (χ0v) is 16.9. The first-order valence-corrected chi connectivity index (χ1v) is 10.4. The highest BCUT2D eigenvalue weighted by Gasteiger charge is 2.21. The molecule has 1 N–H and O–H groups in total. The molecule has 0 saturated heterocycles. The van der Waals surface area contributed by atoms with E-state index in [0.717, 1.165) is 5.56 Å². The number of hydrazone groups is 1. The van der Waals surface area contributed by atoms with Gasteiger partial charge in [-0.05, 0) is 31.2 Å². The van der Waals surface area contributed by atoms with Gasteiger partial charge in [-0.15, -0.1) is 0 Å². The van der Waals surface area contributed by atoms with E-state index >= 15 is 0 Å². The number of para-hydroxylation sites is 1. The van der Waals surface area contributed by atoms with Gasteiger partial charge in [0.15, 0.2) is 5.71 Å². The summed E-state index contributed by atoms with van der Waals surface area (Å²) in [6.07, 6.45) is 0. The van der Waals surface area contributed by atoms with Crippen LogP contribution in [0, 0.1) is 6.92 Å². The molecule has 0 atom stereocenters. The average molecular weight is 407 g/mol. The lowest BCUT2D eigenvalue weighted by molar-refractivity contribution is -0.112. The van der Waals surface area contributed by atoms with Gasteiger partial charge in [0.25, 0.3) is 15.9 Å². The third kappa shape index (κ3) is 4.89. The summed E-state index contributed by atoms with van der Waals surface area (Å²) < 4.78 is 25.2. The number of likely N-dealkylation sites (N-methyl/N-ethyl adjacent to an activating group) is 1. The lowest BCUT2D eigenvalue weighted by Crippen LogP contribution is -2.35. The Labute approximate surface area is 170 Å². The van der Waals surface area contributed by atoms with Crippen LogP contribution >= 0.6 is 0 Å². The first-order valence-electron chi connectivity index (χ1n) is 8.93. The first-order chi connectivity index (χ1) is 13.9. The number of rotatable bonds is 6. The van der Waals surface area contributed by atoms with Crippen LogP contribution in [0.1, 0.15) is 11.1 Å². The zero-order valence-electron chi connectivity index (χ0n) is 16.1. The third-order valence-corrected chi connectivity index (χ3v) is 5.53. The summed E-state index contributed by atoms with van der Waals surface area (Å²) in [5.74, 6) is -0.436. The van der Waals surface area contributed by atoms with E-state index in [9.17, 15) is 13.2 Å². The number of aryl methyl sites for hydroxylation is 1. The first kappa shape index (κ1) is 20.3. The SMILES string of the molecule is Cc1ccc(S(=O)(=O)N/N=C(\C(=O)N(C)c2ccccc2)c2ccccc2)cc1. The van der Waals surface area contributed by atoms with Crippen LogP contribution in [0.3, 0.4) is 0 Å². The summed E-state index contributed by atoms with van der Waals surface area (Å²) in [7, 11) is -2.30. The third-order valence-electron chi connectivity index (χ3n) is 4.31. The Hall–Kier alpha value is -3.45. The van der Waals surface area contributed by atoms with Gasteiger partial charge in [0, 0.05) is 18.3 Å². The quantitative estimate of drug-likeness (QED) is 0.503. The second-order valence-electron chi connectivity index (χ2n) is 6.43. The summed E-state index contributed by atoms with van der Waals surface area (Å²) in [6, 6.07) is 24.2. The molecule has 7 heteroatoms. The summed E-state index contributed by atoms with van der Waals surface area (Å²) in [5.41, 5.74) is 2.11. The van der Waals surface area contributed by atoms with Gasteiger partial charge in [-0.1, -0.05) is 66.2 Å². The Balaban J connectivity index is 1.95. The smallest absolute Gasteiger partial charge is 0.279 e. The Morgan fingerprint density at radius 2 is 1.41 bits per heavy atom. The van der Waals surface area contributed by atoms with E-state index in [1.807, 2.05) is 31.2 Å². The summed E-state index contributed by atoms with van der Waals surface area (Å²) >= 11 is 0. The number of carbonyl (C=O) groups is 1. The van der Waals surface area contributed by atoms with E-state index < -0.39 is 15.9 Å². The molecule has 6 nitrogen and oxygen atoms in total. The molecule has 0 aliphatic rings. The molecule has 0 aliphatic heterocycles. The molecule has 0 spiro atoms. The molecule has 3 aromatic carbocycles. The van der Waals surface area contributed by atoms with E-state index in [0.29, 0.717) is 11.3 Å². The second-order valence-corrected chi connectivity index (χ2v) is 8.09. The van der Waals surface area contributed by atoms with Crippen molar-refractivity contribution in [1.82, 2.24) is 4.83 Å². The lowest BCUT2D eigenvalue weighted by atomic mass is 10.1. The predicted molar refractivity (Wildman–Crippen MR) is 114 cm³/mol. The molecular formula is C22H21N3O3S. The van der Waals surface area contributed by atoms with Crippen LogP contribution in [-0.4, -0.2) is 27.1 Å². The van der Waals surface area contributed by atoms with Crippen LogP contribution in [0.5, 0.6) is 0 Å². The Bertz CT molecular complexity index is 1110. The van der Waals surface area contributed by atoms with Crippen molar-refractivity contribution in [3.8, 4) is 0 Å². The molecular weight excluding hydrogens is 386 g/mol. The van der Waals surface area contributed by atoms with Crippen LogP contribution in [-0.2, 0) is 14.8 Å². The Morgan fingerprint density at radius 3 is 2.00 bits per heavy atom. The van der Waals surface area contributed by atoms with Crippen molar-refractivity contribution in [2.45, 2.75) is 11.8 Å². The van der Waals surface area contributed by atoms with Gasteiger partial charge in [0.2, 0.25) is 0 Å². The number of nitrogens with one attached hydrogen (secondary N) is 1. The van der Waals surface area contributed by atoms with E-state index in [1.165, 1.54) is 17.0 Å². The molecule has 0 bridgehead atoms. The maximum Gasteiger partial charge on any atom is 0.279 e. The second kappa shape index (κ2) is 8.70. The van der Waals surface area contributed by atoms with E-state index in [4.69, 9.17) is 0 Å². The van der Waals surface area contributed by atoms with Crippen molar-refractivity contribution < 1.29 is 13.2 Å². The van der Waals surface area contributed by atoms with Crippen LogP contribution in [0.4, 0.5) is 5.69 Å².